The summed E-state index contributed by atoms with van der Waals surface area (Å²) in [6.45, 7) is 1.91. The number of hydrogen-bond donors (Lipinski definition) is 2. The minimum atomic E-state index is -4.15. The third-order valence-electron chi connectivity index (χ3n) is 3.25. The first-order valence-corrected chi connectivity index (χ1v) is 8.83. The van der Waals surface area contributed by atoms with Gasteiger partial charge in [0.15, 0.2) is 0 Å². The molecule has 0 aliphatic carbocycles. The SMILES string of the molecule is Cc1ccc(Oc2ccccc2S(=O)(=O)NC(C=O)CC(=O)O)cc1. The minimum Gasteiger partial charge on any atom is -0.481 e. The lowest BCUT2D eigenvalue weighted by molar-refractivity contribution is -0.138. The van der Waals surface area contributed by atoms with Crippen molar-refractivity contribution in [3.05, 3.63) is 54.1 Å². The Kier molecular flexibility index (Phi) is 5.89. The van der Waals surface area contributed by atoms with Gasteiger partial charge in [0.05, 0.1) is 12.5 Å². The Morgan fingerprint density at radius 2 is 1.84 bits per heavy atom. The number of nitrogens with one attached hydrogen (secondary N) is 1. The first kappa shape index (κ1) is 18.6. The van der Waals surface area contributed by atoms with Crippen molar-refractivity contribution in [2.24, 2.45) is 0 Å². The van der Waals surface area contributed by atoms with Crippen LogP contribution < -0.4 is 9.46 Å². The number of hydrogen-bond acceptors (Lipinski definition) is 5. The van der Waals surface area contributed by atoms with E-state index in [1.807, 2.05) is 19.1 Å². The Morgan fingerprint density at radius 3 is 2.44 bits per heavy atom. The van der Waals surface area contributed by atoms with E-state index in [1.54, 1.807) is 18.2 Å². The lowest BCUT2D eigenvalue weighted by atomic mass is 10.2. The lowest BCUT2D eigenvalue weighted by Gasteiger charge is -2.15. The van der Waals surface area contributed by atoms with Gasteiger partial charge in [-0.15, -0.1) is 0 Å². The van der Waals surface area contributed by atoms with Crippen molar-refractivity contribution in [1.29, 1.82) is 0 Å². The van der Waals surface area contributed by atoms with Gasteiger partial charge in [0.2, 0.25) is 10.0 Å². The number of para-hydroxylation sites is 1. The summed E-state index contributed by atoms with van der Waals surface area (Å²) < 4.78 is 32.7. The highest BCUT2D eigenvalue weighted by molar-refractivity contribution is 7.89. The Morgan fingerprint density at radius 1 is 1.20 bits per heavy atom. The van der Waals surface area contributed by atoms with Crippen LogP contribution in [0.1, 0.15) is 12.0 Å². The molecule has 132 valence electrons. The Balaban J connectivity index is 2.30. The lowest BCUT2D eigenvalue weighted by Crippen LogP contribution is -2.37. The Hall–Kier alpha value is -2.71. The second kappa shape index (κ2) is 7.91. The predicted octanol–water partition coefficient (Wildman–Crippen LogP) is 2.11. The smallest absolute Gasteiger partial charge is 0.305 e. The van der Waals surface area contributed by atoms with Crippen LogP contribution in [0.25, 0.3) is 0 Å². The molecule has 7 nitrogen and oxygen atoms in total. The molecule has 1 unspecified atom stereocenters. The summed E-state index contributed by atoms with van der Waals surface area (Å²) in [7, 11) is -4.15. The van der Waals surface area contributed by atoms with Crippen molar-refractivity contribution in [3.63, 3.8) is 0 Å². The fraction of sp³-hybridized carbons (Fsp3) is 0.176. The first-order chi connectivity index (χ1) is 11.8. The molecule has 0 heterocycles. The third kappa shape index (κ3) is 5.13. The zero-order valence-electron chi connectivity index (χ0n) is 13.4. The zero-order chi connectivity index (χ0) is 18.4. The molecule has 0 amide bonds. The van der Waals surface area contributed by atoms with Gasteiger partial charge in [-0.25, -0.2) is 13.1 Å². The highest BCUT2D eigenvalue weighted by Gasteiger charge is 2.25. The molecule has 0 saturated carbocycles. The summed E-state index contributed by atoms with van der Waals surface area (Å²) in [5.41, 5.74) is 1.03. The van der Waals surface area contributed by atoms with E-state index in [4.69, 9.17) is 9.84 Å². The topological polar surface area (TPSA) is 110 Å². The highest BCUT2D eigenvalue weighted by atomic mass is 32.2. The van der Waals surface area contributed by atoms with Gasteiger partial charge in [-0.3, -0.25) is 4.79 Å². The monoisotopic (exact) mass is 363 g/mol. The molecule has 0 saturated heterocycles. The van der Waals surface area contributed by atoms with Crippen LogP contribution in [-0.4, -0.2) is 31.8 Å². The van der Waals surface area contributed by atoms with Gasteiger partial charge in [-0.1, -0.05) is 29.8 Å². The second-order valence-electron chi connectivity index (χ2n) is 5.32. The fourth-order valence-corrected chi connectivity index (χ4v) is 3.35. The van der Waals surface area contributed by atoms with Gasteiger partial charge in [-0.05, 0) is 31.2 Å². The maximum absolute atomic E-state index is 12.5. The van der Waals surface area contributed by atoms with E-state index >= 15 is 0 Å². The molecule has 2 N–H and O–H groups in total. The molecule has 0 aliphatic heterocycles. The maximum atomic E-state index is 12.5. The first-order valence-electron chi connectivity index (χ1n) is 7.35. The summed E-state index contributed by atoms with van der Waals surface area (Å²) in [4.78, 5) is 21.5. The fourth-order valence-electron chi connectivity index (χ4n) is 2.06. The van der Waals surface area contributed by atoms with Crippen LogP contribution in [0, 0.1) is 6.92 Å². The summed E-state index contributed by atoms with van der Waals surface area (Å²) in [5.74, 6) is -0.770. The number of carbonyl (C=O) groups is 2. The number of aryl methyl sites for hydroxylation is 1. The third-order valence-corrected chi connectivity index (χ3v) is 4.78. The normalized spacial score (nSPS) is 12.4. The number of aldehydes is 1. The molecule has 0 spiro atoms. The summed E-state index contributed by atoms with van der Waals surface area (Å²) >= 11 is 0. The van der Waals surface area contributed by atoms with Gasteiger partial charge in [0.25, 0.3) is 0 Å². The Bertz CT molecular complexity index is 861. The molecule has 0 fully saturated rings. The predicted molar refractivity (Wildman–Crippen MR) is 90.1 cm³/mol. The average Bonchev–Trinajstić information content (AvgIpc) is 2.56. The standard InChI is InChI=1S/C17H17NO6S/c1-12-6-8-14(9-7-12)24-15-4-2-3-5-16(15)25(22,23)18-13(11-19)10-17(20)21/h2-9,11,13,18H,10H2,1H3,(H,20,21). The zero-order valence-corrected chi connectivity index (χ0v) is 14.2. The second-order valence-corrected chi connectivity index (χ2v) is 7.01. The van der Waals surface area contributed by atoms with Crippen molar-refractivity contribution in [2.45, 2.75) is 24.3 Å². The summed E-state index contributed by atoms with van der Waals surface area (Å²) in [5, 5.41) is 8.74. The van der Waals surface area contributed by atoms with Crippen LogP contribution in [-0.2, 0) is 19.6 Å². The largest absolute Gasteiger partial charge is 0.481 e. The van der Waals surface area contributed by atoms with Crippen molar-refractivity contribution in [2.75, 3.05) is 0 Å². The molecule has 0 radical (unpaired) electrons. The molecule has 1 atom stereocenters. The number of sulfonamides is 1. The number of carbonyl (C=O) groups excluding carboxylic acids is 1. The number of benzene rings is 2. The number of aliphatic carboxylic acids is 1. The quantitative estimate of drug-likeness (QED) is 0.695. The van der Waals surface area contributed by atoms with Crippen LogP contribution in [0.15, 0.2) is 53.4 Å². The van der Waals surface area contributed by atoms with Gasteiger partial charge < -0.3 is 14.6 Å². The van der Waals surface area contributed by atoms with E-state index in [9.17, 15) is 18.0 Å². The van der Waals surface area contributed by atoms with E-state index in [0.29, 0.717) is 5.75 Å². The number of carboxylic acids is 1. The van der Waals surface area contributed by atoms with Crippen LogP contribution in [0.4, 0.5) is 0 Å². The van der Waals surface area contributed by atoms with Crippen LogP contribution in [0.2, 0.25) is 0 Å². The van der Waals surface area contributed by atoms with E-state index in [2.05, 4.69) is 4.72 Å². The summed E-state index contributed by atoms with van der Waals surface area (Å²) in [6.07, 6.45) is -0.404. The van der Waals surface area contributed by atoms with Gasteiger partial charge >= 0.3 is 5.97 Å². The molecule has 2 aromatic rings. The average molecular weight is 363 g/mol. The van der Waals surface area contributed by atoms with Crippen molar-refractivity contribution >= 4 is 22.3 Å². The van der Waals surface area contributed by atoms with E-state index < -0.39 is 28.5 Å². The van der Waals surface area contributed by atoms with Crippen LogP contribution >= 0.6 is 0 Å². The molecular formula is C17H17NO6S. The highest BCUT2D eigenvalue weighted by Crippen LogP contribution is 2.28. The number of carboxylic acid groups (broad SMARTS) is 1. The molecule has 2 rings (SSSR count). The van der Waals surface area contributed by atoms with Crippen molar-refractivity contribution < 1.29 is 27.9 Å². The van der Waals surface area contributed by atoms with Crippen LogP contribution in [0.5, 0.6) is 11.5 Å². The van der Waals surface area contributed by atoms with E-state index in [0.717, 1.165) is 5.56 Å². The maximum Gasteiger partial charge on any atom is 0.305 e. The molecule has 8 heteroatoms. The number of rotatable bonds is 8. The number of ether oxygens (including phenoxy) is 1. The van der Waals surface area contributed by atoms with Crippen molar-refractivity contribution in [3.8, 4) is 11.5 Å². The Labute approximate surface area is 145 Å². The molecule has 0 aliphatic rings. The van der Waals surface area contributed by atoms with Crippen molar-refractivity contribution in [1.82, 2.24) is 4.72 Å². The van der Waals surface area contributed by atoms with Gasteiger partial charge in [0, 0.05) is 0 Å². The molecule has 2 aromatic carbocycles. The molecule has 0 bridgehead atoms. The van der Waals surface area contributed by atoms with Gasteiger partial charge in [0.1, 0.15) is 22.7 Å². The molecular weight excluding hydrogens is 346 g/mol. The van der Waals surface area contributed by atoms with Gasteiger partial charge in [-0.2, -0.15) is 0 Å². The molecule has 25 heavy (non-hydrogen) atoms. The molecule has 0 aromatic heterocycles. The minimum absolute atomic E-state index is 0.0684. The summed E-state index contributed by atoms with van der Waals surface area (Å²) in [6, 6.07) is 11.6. The van der Waals surface area contributed by atoms with E-state index in [1.165, 1.54) is 18.2 Å². The van der Waals surface area contributed by atoms with E-state index in [-0.39, 0.29) is 16.9 Å². The van der Waals surface area contributed by atoms with Crippen LogP contribution in [0.3, 0.4) is 0 Å².